The Balaban J connectivity index is 0.00000336. The molecule has 9 unspecified atom stereocenters. The molecule has 1 aliphatic heterocycles. The van der Waals surface area contributed by atoms with Crippen LogP contribution in [0, 0.1) is 23.7 Å². The van der Waals surface area contributed by atoms with E-state index in [4.69, 9.17) is 19.9 Å². The van der Waals surface area contributed by atoms with Crippen molar-refractivity contribution in [1.82, 2.24) is 0 Å². The Morgan fingerprint density at radius 1 is 1.18 bits per heavy atom. The van der Waals surface area contributed by atoms with Crippen molar-refractivity contribution < 1.29 is 72.1 Å². The third-order valence-corrected chi connectivity index (χ3v) is 8.53. The van der Waals surface area contributed by atoms with Crippen LogP contribution in [0.3, 0.4) is 0 Å². The molecule has 6 N–H and O–H groups in total. The zero-order valence-electron chi connectivity index (χ0n) is 21.5. The van der Waals surface area contributed by atoms with Gasteiger partial charge in [0, 0.05) is 68.2 Å². The third kappa shape index (κ3) is 4.60. The van der Waals surface area contributed by atoms with Gasteiger partial charge in [0.25, 0.3) is 0 Å². The molecule has 9 nitrogen and oxygen atoms in total. The number of methoxy groups -OCH3 is 1. The molecule has 0 spiro atoms. The van der Waals surface area contributed by atoms with Crippen LogP contribution in [0.15, 0.2) is 71.0 Å². The van der Waals surface area contributed by atoms with Crippen LogP contribution in [-0.4, -0.2) is 70.1 Å². The van der Waals surface area contributed by atoms with Gasteiger partial charge >= 0.3 is 0 Å². The summed E-state index contributed by atoms with van der Waals surface area (Å²) in [5, 5.41) is 44.5. The largest absolute Gasteiger partial charge is 0.539 e. The minimum atomic E-state index is -1.91. The first-order valence-electron chi connectivity index (χ1n) is 12.5. The second-order valence-electron chi connectivity index (χ2n) is 10.7. The van der Waals surface area contributed by atoms with Gasteiger partial charge in [0.1, 0.15) is 17.3 Å². The molecule has 10 atom stereocenters. The van der Waals surface area contributed by atoms with Gasteiger partial charge in [-0.2, -0.15) is 0 Å². The number of rotatable bonds is 4. The van der Waals surface area contributed by atoms with Crippen molar-refractivity contribution >= 4 is 6.29 Å². The molecule has 1 heterocycles. The molecule has 203 valence electrons. The molecule has 3 fully saturated rings. The molecule has 2 saturated carbocycles. The van der Waals surface area contributed by atoms with E-state index in [1.807, 2.05) is 18.2 Å². The van der Waals surface area contributed by atoms with Gasteiger partial charge in [0.2, 0.25) is 0 Å². The minimum Gasteiger partial charge on any atom is -0.539 e. The molecule has 4 aliphatic carbocycles. The van der Waals surface area contributed by atoms with E-state index in [-0.39, 0.29) is 75.3 Å². The fourth-order valence-electron chi connectivity index (χ4n) is 6.65. The summed E-state index contributed by atoms with van der Waals surface area (Å²) < 4.78 is 17.6. The molecule has 0 aromatic rings. The molecule has 5 rings (SSSR count). The van der Waals surface area contributed by atoms with Crippen LogP contribution >= 0.6 is 0 Å². The standard InChI is InChI=1S/C28H34NO8.Y/c1-12-15-6-5-7-18(35-4)21(15)13(2)23-22(12)26(32)16-9-28(34,11-30)10-19(24(16)27(23)33)37-20-8-17(29)25(31)14(3)36-20;/h5-7,14-17,19-21,24-25,31-34H,1-2,8-10,29H2,3-4H3;/q-1;/t14?,15?,16?,17?,19?,20?,21?,24?,25?,28-;/m0./s1. The smallest absolute Gasteiger partial charge is 0.160 e. The number of ether oxygens (including phenoxy) is 3. The van der Waals surface area contributed by atoms with E-state index in [9.17, 15) is 25.2 Å². The van der Waals surface area contributed by atoms with E-state index < -0.39 is 48.1 Å². The first kappa shape index (κ1) is 29.4. The maximum atomic E-state index is 11.8. The molecule has 10 heteroatoms. The van der Waals surface area contributed by atoms with Crippen LogP contribution in [-0.2, 0) is 51.7 Å². The summed E-state index contributed by atoms with van der Waals surface area (Å²) in [7, 11) is 1.57. The van der Waals surface area contributed by atoms with Crippen molar-refractivity contribution in [1.29, 1.82) is 0 Å². The van der Waals surface area contributed by atoms with Crippen LogP contribution in [0.4, 0.5) is 0 Å². The Morgan fingerprint density at radius 3 is 2.50 bits per heavy atom. The van der Waals surface area contributed by atoms with Gasteiger partial charge in [-0.3, -0.25) is 0 Å². The van der Waals surface area contributed by atoms with E-state index in [0.29, 0.717) is 28.1 Å². The van der Waals surface area contributed by atoms with Crippen molar-refractivity contribution in [3.63, 3.8) is 0 Å². The van der Waals surface area contributed by atoms with Crippen LogP contribution in [0.1, 0.15) is 26.2 Å². The Kier molecular flexibility index (Phi) is 8.33. The molecule has 1 saturated heterocycles. The third-order valence-electron chi connectivity index (χ3n) is 8.53. The first-order valence-corrected chi connectivity index (χ1v) is 12.5. The van der Waals surface area contributed by atoms with Gasteiger partial charge in [-0.05, 0) is 42.6 Å². The maximum absolute atomic E-state index is 11.8. The summed E-state index contributed by atoms with van der Waals surface area (Å²) in [4.78, 5) is 11.8. The summed E-state index contributed by atoms with van der Waals surface area (Å²) in [5.74, 6) is -1.67. The summed E-state index contributed by atoms with van der Waals surface area (Å²) in [6, 6.07) is -0.597. The predicted molar refractivity (Wildman–Crippen MR) is 133 cm³/mol. The van der Waals surface area contributed by atoms with Crippen LogP contribution in [0.5, 0.6) is 0 Å². The van der Waals surface area contributed by atoms with Crippen molar-refractivity contribution in [2.75, 3.05) is 7.11 Å². The SMILES string of the molecule is C=C1C2=C(O)C3C[C@@](O)([C-]=O)CC(OC4CC(N)C(O)C(C)O4)C3C(O)=C2C(=C)C2C(OC)=CC=CC12.[Y]. The van der Waals surface area contributed by atoms with Crippen molar-refractivity contribution in [2.45, 2.75) is 62.4 Å². The van der Waals surface area contributed by atoms with Gasteiger partial charge in [-0.15, -0.1) is 0 Å². The molecule has 38 heavy (non-hydrogen) atoms. The summed E-state index contributed by atoms with van der Waals surface area (Å²) in [6.07, 6.45) is 3.96. The number of carbonyl (C=O) groups excluding carboxylic acids is 1. The van der Waals surface area contributed by atoms with Gasteiger partial charge in [0.05, 0.1) is 37.3 Å². The van der Waals surface area contributed by atoms with Crippen LogP contribution in [0.25, 0.3) is 0 Å². The summed E-state index contributed by atoms with van der Waals surface area (Å²) in [5.41, 5.74) is 6.05. The maximum Gasteiger partial charge on any atom is 0.160 e. The van der Waals surface area contributed by atoms with E-state index >= 15 is 0 Å². The normalized spacial score (nSPS) is 42.4. The number of allylic oxidation sites excluding steroid dienone is 8. The number of fused-ring (bicyclic) bond motifs is 3. The fourth-order valence-corrected chi connectivity index (χ4v) is 6.65. The predicted octanol–water partition coefficient (Wildman–Crippen LogP) is 2.16. The summed E-state index contributed by atoms with van der Waals surface area (Å²) in [6.45, 7) is 10.2. The zero-order chi connectivity index (χ0) is 26.8. The molecule has 0 amide bonds. The van der Waals surface area contributed by atoms with E-state index in [2.05, 4.69) is 13.2 Å². The quantitative estimate of drug-likeness (QED) is 0.306. The van der Waals surface area contributed by atoms with Crippen LogP contribution in [0.2, 0.25) is 0 Å². The van der Waals surface area contributed by atoms with Gasteiger partial charge < -0.3 is 45.2 Å². The van der Waals surface area contributed by atoms with Crippen molar-refractivity contribution in [3.8, 4) is 0 Å². The number of aliphatic hydroxyl groups excluding tert-OH is 3. The fraction of sp³-hybridized carbons (Fsp3) is 0.536. The average molecular weight is 601 g/mol. The topological polar surface area (TPSA) is 152 Å². The van der Waals surface area contributed by atoms with E-state index in [1.54, 1.807) is 20.3 Å². The molecular weight excluding hydrogens is 567 g/mol. The second-order valence-corrected chi connectivity index (χ2v) is 10.7. The number of nitrogens with two attached hydrogens (primary N) is 1. The molecule has 5 aliphatic rings. The van der Waals surface area contributed by atoms with Crippen LogP contribution < -0.4 is 5.73 Å². The number of hydrogen-bond donors (Lipinski definition) is 5. The summed E-state index contributed by atoms with van der Waals surface area (Å²) >= 11 is 0. The molecule has 0 aromatic heterocycles. The number of hydrogen-bond acceptors (Lipinski definition) is 9. The molecule has 0 aromatic carbocycles. The van der Waals surface area contributed by atoms with Crippen molar-refractivity contribution in [3.05, 3.63) is 71.0 Å². The van der Waals surface area contributed by atoms with Gasteiger partial charge in [0.15, 0.2) is 6.29 Å². The Hall–Kier alpha value is -1.59. The molecule has 1 radical (unpaired) electrons. The first-order chi connectivity index (χ1) is 17.5. The van der Waals surface area contributed by atoms with Crippen molar-refractivity contribution in [2.24, 2.45) is 29.4 Å². The molecular formula is C28H34NO8Y-. The number of aliphatic hydroxyl groups is 4. The second kappa shape index (κ2) is 10.8. The van der Waals surface area contributed by atoms with E-state index in [1.165, 1.54) is 0 Å². The Bertz CT molecular complexity index is 1150. The van der Waals surface area contributed by atoms with Gasteiger partial charge in [-0.1, -0.05) is 25.3 Å². The zero-order valence-corrected chi connectivity index (χ0v) is 24.4. The Labute approximate surface area is 247 Å². The Morgan fingerprint density at radius 2 is 1.87 bits per heavy atom. The van der Waals surface area contributed by atoms with Gasteiger partial charge in [-0.25, -0.2) is 6.29 Å². The molecule has 0 bridgehead atoms. The minimum absolute atomic E-state index is 0. The van der Waals surface area contributed by atoms with E-state index in [0.717, 1.165) is 0 Å². The average Bonchev–Trinajstić information content (AvgIpc) is 2.87. The monoisotopic (exact) mass is 601 g/mol.